The maximum absolute atomic E-state index is 7.59. The monoisotopic (exact) mass is 871 g/mol. The van der Waals surface area contributed by atoms with Crippen LogP contribution >= 0.6 is 11.3 Å². The predicted molar refractivity (Wildman–Crippen MR) is 284 cm³/mol. The van der Waals surface area contributed by atoms with Crippen molar-refractivity contribution in [2.24, 2.45) is 0 Å². The minimum absolute atomic E-state index is 0.732. The van der Waals surface area contributed by atoms with E-state index in [9.17, 15) is 0 Å². The van der Waals surface area contributed by atoms with Gasteiger partial charge in [0.25, 0.3) is 0 Å². The van der Waals surface area contributed by atoms with E-state index in [2.05, 4.69) is 231 Å². The molecule has 0 fully saturated rings. The van der Waals surface area contributed by atoms with E-state index in [1.54, 1.807) is 0 Å². The molecule has 2 aliphatic rings. The molecule has 0 N–H and O–H groups in total. The quantitative estimate of drug-likeness (QED) is 0.160. The zero-order chi connectivity index (χ0) is 44.4. The van der Waals surface area contributed by atoms with Crippen molar-refractivity contribution in [1.82, 2.24) is 0 Å². The standard InChI is InChI=1S/C64H41NOS/c1-3-44-39(2)67-63-55(44)29-17-31-58(63)65(42-18-5-4-6-19-42)43-35-32-40(33-36-43)41-34-37-50-49-24-15-16-30-56(49)64(57(50)38-41)59-51-25-11-7-20-45(51)47-22-9-13-27-53(47)61(59)66-62-54-28-14-10-23-48(54)46-21-8-12-26-52(46)60(62)64/h3-38H,1H2,2H3. The van der Waals surface area contributed by atoms with Gasteiger partial charge in [-0.05, 0) is 115 Å². The summed E-state index contributed by atoms with van der Waals surface area (Å²) >= 11 is 1.83. The van der Waals surface area contributed by atoms with Crippen molar-refractivity contribution in [2.45, 2.75) is 12.3 Å². The lowest BCUT2D eigenvalue weighted by atomic mass is 9.62. The first-order valence-corrected chi connectivity index (χ1v) is 23.9. The molecule has 314 valence electrons. The highest BCUT2D eigenvalue weighted by Crippen LogP contribution is 2.67. The Morgan fingerprint density at radius 1 is 0.448 bits per heavy atom. The van der Waals surface area contributed by atoms with Crippen LogP contribution in [0.2, 0.25) is 0 Å². The van der Waals surface area contributed by atoms with E-state index in [-0.39, 0.29) is 0 Å². The first-order chi connectivity index (χ1) is 33.1. The molecular weight excluding hydrogens is 831 g/mol. The molecule has 0 amide bonds. The molecule has 0 atom stereocenters. The van der Waals surface area contributed by atoms with Crippen molar-refractivity contribution in [3.63, 3.8) is 0 Å². The summed E-state index contributed by atoms with van der Waals surface area (Å²) in [5.74, 6) is 1.86. The molecule has 3 heteroatoms. The lowest BCUT2D eigenvalue weighted by Crippen LogP contribution is -2.33. The fourth-order valence-electron chi connectivity index (χ4n) is 11.9. The molecule has 2 nitrogen and oxygen atoms in total. The van der Waals surface area contributed by atoms with E-state index in [0.29, 0.717) is 0 Å². The van der Waals surface area contributed by atoms with Crippen LogP contribution in [0.4, 0.5) is 17.1 Å². The second kappa shape index (κ2) is 14.4. The number of hydrogen-bond acceptors (Lipinski definition) is 3. The number of anilines is 3. The van der Waals surface area contributed by atoms with Crippen molar-refractivity contribution in [2.75, 3.05) is 4.90 Å². The summed E-state index contributed by atoms with van der Waals surface area (Å²) in [5, 5.41) is 10.7. The number of para-hydroxylation sites is 1. The number of fused-ring (bicyclic) bond motifs is 20. The Kier molecular flexibility index (Phi) is 8.17. The molecule has 0 radical (unpaired) electrons. The summed E-state index contributed by atoms with van der Waals surface area (Å²) in [4.78, 5) is 3.67. The van der Waals surface area contributed by atoms with Gasteiger partial charge >= 0.3 is 0 Å². The molecule has 1 aliphatic heterocycles. The highest BCUT2D eigenvalue weighted by Gasteiger charge is 2.54. The van der Waals surface area contributed by atoms with Crippen molar-refractivity contribution in [1.29, 1.82) is 0 Å². The molecule has 2 heterocycles. The molecular formula is C64H41NOS. The number of hydrogen-bond donors (Lipinski definition) is 0. The SMILES string of the molecule is C=Cc1c(C)sc2c(N(c3ccccc3)c3ccc(-c4ccc5c(c4)C4(c6ccccc6-5)c5c(c6ccccc6c6ccccc56)Oc5c4c4ccccc4c4ccccc54)cc3)cccc12. The van der Waals surface area contributed by atoms with Crippen LogP contribution in [0.5, 0.6) is 11.5 Å². The number of nitrogens with zero attached hydrogens (tertiary/aromatic N) is 1. The normalized spacial score (nSPS) is 13.1. The molecule has 67 heavy (non-hydrogen) atoms. The largest absolute Gasteiger partial charge is 0.455 e. The molecule has 12 aromatic rings. The molecule has 11 aromatic carbocycles. The molecule has 0 bridgehead atoms. The summed E-state index contributed by atoms with van der Waals surface area (Å²) in [7, 11) is 0. The fourth-order valence-corrected chi connectivity index (χ4v) is 13.0. The molecule has 0 unspecified atom stereocenters. The molecule has 1 aliphatic carbocycles. The third-order valence-corrected chi connectivity index (χ3v) is 15.8. The van der Waals surface area contributed by atoms with Gasteiger partial charge in [-0.1, -0.05) is 189 Å². The van der Waals surface area contributed by atoms with Gasteiger partial charge in [-0.15, -0.1) is 11.3 Å². The third kappa shape index (κ3) is 5.20. The number of ether oxygens (including phenoxy) is 1. The van der Waals surface area contributed by atoms with Gasteiger partial charge in [0, 0.05) is 43.5 Å². The summed E-state index contributed by atoms with van der Waals surface area (Å²) in [6.45, 7) is 6.36. The Morgan fingerprint density at radius 2 is 0.940 bits per heavy atom. The summed E-state index contributed by atoms with van der Waals surface area (Å²) in [5.41, 5.74) is 13.6. The number of benzene rings is 11. The highest BCUT2D eigenvalue weighted by atomic mass is 32.1. The van der Waals surface area contributed by atoms with E-state index in [4.69, 9.17) is 4.74 Å². The van der Waals surface area contributed by atoms with Crippen molar-refractivity contribution in [3.8, 4) is 33.8 Å². The van der Waals surface area contributed by atoms with E-state index in [1.165, 1.54) is 91.8 Å². The van der Waals surface area contributed by atoms with Crippen LogP contribution in [0.25, 0.3) is 81.5 Å². The van der Waals surface area contributed by atoms with Crippen LogP contribution < -0.4 is 9.64 Å². The van der Waals surface area contributed by atoms with E-state index in [1.807, 2.05) is 17.4 Å². The van der Waals surface area contributed by atoms with Gasteiger partial charge in [-0.25, -0.2) is 0 Å². The van der Waals surface area contributed by atoms with Gasteiger partial charge in [0.05, 0.1) is 15.8 Å². The van der Waals surface area contributed by atoms with Crippen LogP contribution in [0, 0.1) is 6.92 Å². The minimum Gasteiger partial charge on any atom is -0.455 e. The van der Waals surface area contributed by atoms with Crippen LogP contribution in [0.15, 0.2) is 219 Å². The van der Waals surface area contributed by atoms with Gasteiger partial charge in [-0.2, -0.15) is 0 Å². The molecule has 14 rings (SSSR count). The van der Waals surface area contributed by atoms with Gasteiger partial charge in [0.15, 0.2) is 0 Å². The molecule has 1 spiro atoms. The summed E-state index contributed by atoms with van der Waals surface area (Å²) in [6, 6.07) is 78.4. The van der Waals surface area contributed by atoms with Crippen molar-refractivity contribution < 1.29 is 4.74 Å². The Balaban J connectivity index is 1.05. The topological polar surface area (TPSA) is 12.5 Å². The van der Waals surface area contributed by atoms with E-state index < -0.39 is 5.41 Å². The number of thiophene rings is 1. The zero-order valence-electron chi connectivity index (χ0n) is 36.8. The molecule has 0 saturated carbocycles. The van der Waals surface area contributed by atoms with Crippen molar-refractivity contribution in [3.05, 3.63) is 252 Å². The first kappa shape index (κ1) is 38.1. The average molecular weight is 872 g/mol. The molecule has 1 aromatic heterocycles. The van der Waals surface area contributed by atoms with E-state index >= 15 is 0 Å². The predicted octanol–water partition coefficient (Wildman–Crippen LogP) is 18.1. The van der Waals surface area contributed by atoms with Crippen molar-refractivity contribution >= 4 is 87.7 Å². The Morgan fingerprint density at radius 3 is 1.57 bits per heavy atom. The highest BCUT2D eigenvalue weighted by molar-refractivity contribution is 7.20. The van der Waals surface area contributed by atoms with Gasteiger partial charge in [-0.3, -0.25) is 0 Å². The maximum atomic E-state index is 7.59. The third-order valence-electron chi connectivity index (χ3n) is 14.6. The maximum Gasteiger partial charge on any atom is 0.140 e. The summed E-state index contributed by atoms with van der Waals surface area (Å²) < 4.78 is 8.85. The second-order valence-corrected chi connectivity index (χ2v) is 19.1. The fraction of sp³-hybridized carbons (Fsp3) is 0.0312. The van der Waals surface area contributed by atoms with Crippen LogP contribution in [-0.2, 0) is 5.41 Å². The Bertz CT molecular complexity index is 3920. The lowest BCUT2D eigenvalue weighted by Gasteiger charge is -2.42. The van der Waals surface area contributed by atoms with Crippen LogP contribution in [0.3, 0.4) is 0 Å². The smallest absolute Gasteiger partial charge is 0.140 e. The zero-order valence-corrected chi connectivity index (χ0v) is 37.6. The summed E-state index contributed by atoms with van der Waals surface area (Å²) in [6.07, 6.45) is 1.99. The Hall–Kier alpha value is -8.24. The van der Waals surface area contributed by atoms with Crippen LogP contribution in [0.1, 0.15) is 32.7 Å². The van der Waals surface area contributed by atoms with Gasteiger partial charge in [0.1, 0.15) is 11.5 Å². The molecule has 0 saturated heterocycles. The van der Waals surface area contributed by atoms with Gasteiger partial charge in [0.2, 0.25) is 0 Å². The minimum atomic E-state index is -0.732. The second-order valence-electron chi connectivity index (χ2n) is 17.9. The lowest BCUT2D eigenvalue weighted by molar-refractivity contribution is 0.451. The van der Waals surface area contributed by atoms with Crippen LogP contribution in [-0.4, -0.2) is 0 Å². The number of rotatable bonds is 5. The first-order valence-electron chi connectivity index (χ1n) is 23.0. The average Bonchev–Trinajstić information content (AvgIpc) is 3.88. The van der Waals surface area contributed by atoms with E-state index in [0.717, 1.165) is 44.9 Å². The Labute approximate surface area is 392 Å². The number of aryl methyl sites for hydroxylation is 1. The van der Waals surface area contributed by atoms with Gasteiger partial charge < -0.3 is 9.64 Å².